The molecule has 0 aliphatic heterocycles. The first kappa shape index (κ1) is 25.0. The molecule has 5 rings (SSSR count). The lowest BCUT2D eigenvalue weighted by Gasteiger charge is -2.13. The maximum Gasteiger partial charge on any atom is 0.339 e. The van der Waals surface area contributed by atoms with E-state index in [9.17, 15) is 16.8 Å². The molecule has 0 N–H and O–H groups in total. The van der Waals surface area contributed by atoms with Gasteiger partial charge in [-0.05, 0) is 103 Å². The molecule has 1 aliphatic carbocycles. The van der Waals surface area contributed by atoms with Crippen LogP contribution >= 0.6 is 0 Å². The number of benzene rings is 4. The van der Waals surface area contributed by atoms with E-state index < -0.39 is 20.2 Å². The summed E-state index contributed by atoms with van der Waals surface area (Å²) >= 11 is 0. The topological polar surface area (TPSA) is 86.7 Å². The van der Waals surface area contributed by atoms with Gasteiger partial charge in [0.15, 0.2) is 0 Å². The highest BCUT2D eigenvalue weighted by Crippen LogP contribution is 2.39. The number of aryl methyl sites for hydroxylation is 4. The molecule has 0 atom stereocenters. The molecule has 37 heavy (non-hydrogen) atoms. The van der Waals surface area contributed by atoms with Crippen LogP contribution in [-0.4, -0.2) is 16.8 Å². The van der Waals surface area contributed by atoms with Crippen LogP contribution in [0.15, 0.2) is 82.6 Å². The van der Waals surface area contributed by atoms with Crippen molar-refractivity contribution in [1.29, 1.82) is 0 Å². The van der Waals surface area contributed by atoms with E-state index in [1.165, 1.54) is 12.1 Å². The highest BCUT2D eigenvalue weighted by molar-refractivity contribution is 7.87. The minimum absolute atomic E-state index is 0.0490. The van der Waals surface area contributed by atoms with Crippen LogP contribution in [0.25, 0.3) is 11.1 Å². The van der Waals surface area contributed by atoms with E-state index in [4.69, 9.17) is 8.37 Å². The van der Waals surface area contributed by atoms with Crippen molar-refractivity contribution >= 4 is 20.2 Å². The molecule has 0 saturated carbocycles. The van der Waals surface area contributed by atoms with E-state index in [1.807, 2.05) is 12.1 Å². The van der Waals surface area contributed by atoms with E-state index in [0.29, 0.717) is 17.9 Å². The SMILES string of the molecule is Cc1cccc(C)c1OS(=O)(=O)c1ccc2c(c1)Cc1cc(S(=O)(=O)Oc3c(C)cccc3C)ccc1-2. The van der Waals surface area contributed by atoms with Gasteiger partial charge in [0.1, 0.15) is 21.3 Å². The molecule has 8 heteroatoms. The van der Waals surface area contributed by atoms with E-state index >= 15 is 0 Å². The Morgan fingerprint density at radius 3 is 1.24 bits per heavy atom. The molecule has 0 amide bonds. The Labute approximate surface area is 217 Å². The van der Waals surface area contributed by atoms with Crippen molar-refractivity contribution in [3.8, 4) is 22.6 Å². The Hall–Kier alpha value is -3.62. The summed E-state index contributed by atoms with van der Waals surface area (Å²) in [6.45, 7) is 7.19. The van der Waals surface area contributed by atoms with Gasteiger partial charge in [0.25, 0.3) is 0 Å². The van der Waals surface area contributed by atoms with Gasteiger partial charge in [0, 0.05) is 0 Å². The summed E-state index contributed by atoms with van der Waals surface area (Å²) in [5, 5.41) is 0. The van der Waals surface area contributed by atoms with Crippen LogP contribution in [-0.2, 0) is 26.7 Å². The Morgan fingerprint density at radius 2 is 0.892 bits per heavy atom. The summed E-state index contributed by atoms with van der Waals surface area (Å²) in [7, 11) is -8.11. The van der Waals surface area contributed by atoms with Crippen LogP contribution in [0.4, 0.5) is 0 Å². The maximum atomic E-state index is 13.1. The van der Waals surface area contributed by atoms with Crippen molar-refractivity contribution in [1.82, 2.24) is 0 Å². The van der Waals surface area contributed by atoms with Gasteiger partial charge in [0.05, 0.1) is 0 Å². The number of para-hydroxylation sites is 2. The molecule has 0 radical (unpaired) electrons. The molecular formula is C29H26O6S2. The number of fused-ring (bicyclic) bond motifs is 3. The largest absolute Gasteiger partial charge is 0.378 e. The van der Waals surface area contributed by atoms with E-state index in [0.717, 1.165) is 44.5 Å². The zero-order chi connectivity index (χ0) is 26.5. The number of rotatable bonds is 6. The van der Waals surface area contributed by atoms with E-state index in [-0.39, 0.29) is 9.79 Å². The monoisotopic (exact) mass is 534 g/mol. The average molecular weight is 535 g/mol. The normalized spacial score (nSPS) is 12.6. The minimum atomic E-state index is -4.06. The highest BCUT2D eigenvalue weighted by atomic mass is 32.2. The number of hydrogen-bond donors (Lipinski definition) is 0. The van der Waals surface area contributed by atoms with Crippen molar-refractivity contribution in [3.63, 3.8) is 0 Å². The average Bonchev–Trinajstić information content (AvgIpc) is 3.21. The van der Waals surface area contributed by atoms with Crippen molar-refractivity contribution in [2.45, 2.75) is 43.9 Å². The Morgan fingerprint density at radius 1 is 0.541 bits per heavy atom. The molecule has 6 nitrogen and oxygen atoms in total. The Bertz CT molecular complexity index is 1600. The fourth-order valence-corrected chi connectivity index (χ4v) is 6.85. The lowest BCUT2D eigenvalue weighted by molar-refractivity contribution is 0.480. The van der Waals surface area contributed by atoms with Gasteiger partial charge in [0.2, 0.25) is 0 Å². The van der Waals surface area contributed by atoms with Crippen LogP contribution in [0.3, 0.4) is 0 Å². The summed E-state index contributed by atoms with van der Waals surface area (Å²) in [5.74, 6) is 0.648. The second-order valence-corrected chi connectivity index (χ2v) is 12.4. The molecule has 0 bridgehead atoms. The van der Waals surface area contributed by atoms with Gasteiger partial charge in [-0.15, -0.1) is 0 Å². The van der Waals surface area contributed by atoms with E-state index in [1.54, 1.807) is 76.2 Å². The third-order valence-corrected chi connectivity index (χ3v) is 9.04. The smallest absolute Gasteiger partial charge is 0.339 e. The summed E-state index contributed by atoms with van der Waals surface area (Å²) in [4.78, 5) is 0.0980. The molecule has 4 aromatic rings. The van der Waals surface area contributed by atoms with Crippen LogP contribution in [0.1, 0.15) is 33.4 Å². The molecule has 190 valence electrons. The molecule has 0 heterocycles. The first-order valence-corrected chi connectivity index (χ1v) is 14.6. The summed E-state index contributed by atoms with van der Waals surface area (Å²) < 4.78 is 63.3. The van der Waals surface area contributed by atoms with Crippen molar-refractivity contribution in [3.05, 3.63) is 106 Å². The van der Waals surface area contributed by atoms with Crippen molar-refractivity contribution in [2.75, 3.05) is 0 Å². The summed E-state index contributed by atoms with van der Waals surface area (Å²) in [5.41, 5.74) is 6.21. The molecule has 4 aromatic carbocycles. The molecular weight excluding hydrogens is 508 g/mol. The van der Waals surface area contributed by atoms with Gasteiger partial charge < -0.3 is 8.37 Å². The molecule has 0 aromatic heterocycles. The van der Waals surface area contributed by atoms with Crippen LogP contribution in [0.2, 0.25) is 0 Å². The molecule has 0 saturated heterocycles. The lowest BCUT2D eigenvalue weighted by Crippen LogP contribution is -2.11. The molecule has 1 aliphatic rings. The highest BCUT2D eigenvalue weighted by Gasteiger charge is 2.27. The third-order valence-electron chi connectivity index (χ3n) is 6.61. The Kier molecular flexibility index (Phi) is 6.12. The van der Waals surface area contributed by atoms with Gasteiger partial charge >= 0.3 is 20.2 Å². The second kappa shape index (κ2) is 9.04. The van der Waals surface area contributed by atoms with Crippen LogP contribution in [0, 0.1) is 27.7 Å². The van der Waals surface area contributed by atoms with Gasteiger partial charge in [-0.25, -0.2) is 0 Å². The van der Waals surface area contributed by atoms with Gasteiger partial charge in [-0.1, -0.05) is 48.5 Å². The fraction of sp³-hybridized carbons (Fsp3) is 0.172. The summed E-state index contributed by atoms with van der Waals surface area (Å²) in [6.07, 6.45) is 0.393. The number of hydrogen-bond acceptors (Lipinski definition) is 6. The third kappa shape index (κ3) is 4.63. The van der Waals surface area contributed by atoms with E-state index in [2.05, 4.69) is 0 Å². The van der Waals surface area contributed by atoms with Crippen LogP contribution in [0.5, 0.6) is 11.5 Å². The lowest BCUT2D eigenvalue weighted by atomic mass is 10.1. The molecule has 0 spiro atoms. The first-order chi connectivity index (χ1) is 17.5. The zero-order valence-electron chi connectivity index (χ0n) is 20.9. The predicted molar refractivity (Wildman–Crippen MR) is 142 cm³/mol. The van der Waals surface area contributed by atoms with Gasteiger partial charge in [-0.3, -0.25) is 0 Å². The molecule has 0 unspecified atom stereocenters. The minimum Gasteiger partial charge on any atom is -0.378 e. The maximum absolute atomic E-state index is 13.1. The predicted octanol–water partition coefficient (Wildman–Crippen LogP) is 6.03. The van der Waals surface area contributed by atoms with Crippen molar-refractivity contribution in [2.24, 2.45) is 0 Å². The fourth-order valence-electron chi connectivity index (χ4n) is 4.65. The van der Waals surface area contributed by atoms with Gasteiger partial charge in [-0.2, -0.15) is 16.8 Å². The second-order valence-electron chi connectivity index (χ2n) is 9.33. The van der Waals surface area contributed by atoms with Crippen LogP contribution < -0.4 is 8.37 Å². The molecule has 0 fully saturated rings. The zero-order valence-corrected chi connectivity index (χ0v) is 22.5. The van der Waals surface area contributed by atoms with Crippen molar-refractivity contribution < 1.29 is 25.2 Å². The first-order valence-electron chi connectivity index (χ1n) is 11.7. The summed E-state index contributed by atoms with van der Waals surface area (Å²) in [6, 6.07) is 20.6. The standard InChI is InChI=1S/C29H26O6S2/c1-18-7-5-8-19(2)28(18)34-36(30,31)24-11-13-26-22(16-24)15-23-17-25(12-14-27(23)26)37(32,33)35-29-20(3)9-6-10-21(29)4/h5-14,16-17H,15H2,1-4H3. The quantitative estimate of drug-likeness (QED) is 0.247. The Balaban J connectivity index is 1.44.